The smallest absolute Gasteiger partial charge is 0.249 e. The maximum Gasteiger partial charge on any atom is 0.249 e. The molecule has 1 fully saturated rings. The Morgan fingerprint density at radius 1 is 1.25 bits per heavy atom. The molecule has 0 bridgehead atoms. The van der Waals surface area contributed by atoms with Gasteiger partial charge in [0.2, 0.25) is 10.0 Å². The van der Waals surface area contributed by atoms with Gasteiger partial charge in [0.1, 0.15) is 10.6 Å². The van der Waals surface area contributed by atoms with Gasteiger partial charge in [0, 0.05) is 6.54 Å². The van der Waals surface area contributed by atoms with Gasteiger partial charge in [-0.3, -0.25) is 0 Å². The van der Waals surface area contributed by atoms with Gasteiger partial charge in [-0.15, -0.1) is 0 Å². The Kier molecular flexibility index (Phi) is 3.14. The van der Waals surface area contributed by atoms with E-state index in [9.17, 15) is 8.42 Å². The van der Waals surface area contributed by atoms with E-state index in [4.69, 9.17) is 4.52 Å². The Balaban J connectivity index is 1.97. The fourth-order valence-corrected chi connectivity index (χ4v) is 4.57. The first-order valence-electron chi connectivity index (χ1n) is 6.51. The van der Waals surface area contributed by atoms with E-state index in [-0.39, 0.29) is 10.9 Å². The highest BCUT2D eigenvalue weighted by atomic mass is 32.2. The van der Waals surface area contributed by atoms with Crippen LogP contribution in [0.2, 0.25) is 0 Å². The molecule has 20 heavy (non-hydrogen) atoms. The average molecular weight is 292 g/mol. The van der Waals surface area contributed by atoms with Gasteiger partial charge in [-0.2, -0.15) is 4.31 Å². The lowest BCUT2D eigenvalue weighted by Crippen LogP contribution is -2.45. The zero-order chi connectivity index (χ0) is 14.3. The highest BCUT2D eigenvalue weighted by molar-refractivity contribution is 7.89. The zero-order valence-electron chi connectivity index (χ0n) is 11.4. The molecule has 1 saturated heterocycles. The highest BCUT2D eigenvalue weighted by Gasteiger charge is 2.41. The topological polar surface area (TPSA) is 63.4 Å². The number of hydrogen-bond donors (Lipinski definition) is 0. The van der Waals surface area contributed by atoms with Gasteiger partial charge in [0.25, 0.3) is 0 Å². The Hall–Kier alpha value is -1.66. The summed E-state index contributed by atoms with van der Waals surface area (Å²) in [6, 6.07) is 9.60. The van der Waals surface area contributed by atoms with Crippen LogP contribution in [-0.4, -0.2) is 24.4 Å². The summed E-state index contributed by atoms with van der Waals surface area (Å²) < 4.78 is 32.0. The van der Waals surface area contributed by atoms with E-state index in [2.05, 4.69) is 5.16 Å². The van der Waals surface area contributed by atoms with Crippen LogP contribution in [0.1, 0.15) is 29.5 Å². The third-order valence-corrected chi connectivity index (χ3v) is 5.84. The molecule has 0 N–H and O–H groups in total. The molecular weight excluding hydrogens is 276 g/mol. The fraction of sp³-hybridized carbons (Fsp3) is 0.357. The number of nitrogens with zero attached hydrogens (tertiary/aromatic N) is 2. The number of hydrogen-bond acceptors (Lipinski definition) is 4. The van der Waals surface area contributed by atoms with Gasteiger partial charge in [-0.1, -0.05) is 35.5 Å². The molecule has 2 heterocycles. The Labute approximate surface area is 118 Å². The molecule has 1 aromatic carbocycles. The van der Waals surface area contributed by atoms with Gasteiger partial charge in [0.05, 0.1) is 6.04 Å². The molecule has 0 unspecified atom stereocenters. The summed E-state index contributed by atoms with van der Waals surface area (Å²) in [5, 5.41) is 3.74. The van der Waals surface area contributed by atoms with Crippen LogP contribution >= 0.6 is 0 Å². The molecule has 0 amide bonds. The molecule has 0 radical (unpaired) electrons. The third kappa shape index (κ3) is 1.96. The minimum absolute atomic E-state index is 0.0881. The van der Waals surface area contributed by atoms with Crippen molar-refractivity contribution >= 4 is 10.0 Å². The number of sulfonamides is 1. The number of benzene rings is 1. The molecule has 1 atom stereocenters. The van der Waals surface area contributed by atoms with E-state index in [1.807, 2.05) is 30.3 Å². The van der Waals surface area contributed by atoms with Crippen molar-refractivity contribution in [1.82, 2.24) is 9.46 Å². The van der Waals surface area contributed by atoms with Crippen LogP contribution in [0.4, 0.5) is 0 Å². The van der Waals surface area contributed by atoms with Crippen molar-refractivity contribution in [3.63, 3.8) is 0 Å². The average Bonchev–Trinajstić information content (AvgIpc) is 2.69. The predicted octanol–water partition coefficient (Wildman–Crippen LogP) is 2.43. The van der Waals surface area contributed by atoms with E-state index in [1.165, 1.54) is 4.31 Å². The van der Waals surface area contributed by atoms with Crippen molar-refractivity contribution in [3.8, 4) is 0 Å². The van der Waals surface area contributed by atoms with Crippen LogP contribution in [0, 0.1) is 13.8 Å². The van der Waals surface area contributed by atoms with Crippen molar-refractivity contribution in [3.05, 3.63) is 47.3 Å². The molecule has 6 heteroatoms. The minimum atomic E-state index is -3.54. The molecule has 1 aliphatic heterocycles. The highest BCUT2D eigenvalue weighted by Crippen LogP contribution is 2.39. The summed E-state index contributed by atoms with van der Waals surface area (Å²) >= 11 is 0. The molecule has 0 aliphatic carbocycles. The van der Waals surface area contributed by atoms with Crippen molar-refractivity contribution in [2.45, 2.75) is 31.2 Å². The molecule has 2 aromatic rings. The maximum absolute atomic E-state index is 12.7. The summed E-state index contributed by atoms with van der Waals surface area (Å²) in [6.07, 6.45) is 0.840. The molecule has 1 aliphatic rings. The van der Waals surface area contributed by atoms with Gasteiger partial charge in [-0.25, -0.2) is 8.42 Å². The number of aryl methyl sites for hydroxylation is 2. The summed E-state index contributed by atoms with van der Waals surface area (Å²) in [5.41, 5.74) is 1.44. The molecule has 1 aromatic heterocycles. The van der Waals surface area contributed by atoms with Crippen LogP contribution in [-0.2, 0) is 10.0 Å². The Morgan fingerprint density at radius 2 is 1.95 bits per heavy atom. The van der Waals surface area contributed by atoms with Gasteiger partial charge in [0.15, 0.2) is 5.76 Å². The first-order chi connectivity index (χ1) is 9.51. The minimum Gasteiger partial charge on any atom is -0.360 e. The summed E-state index contributed by atoms with van der Waals surface area (Å²) in [7, 11) is -3.54. The van der Waals surface area contributed by atoms with Crippen molar-refractivity contribution in [2.75, 3.05) is 6.54 Å². The van der Waals surface area contributed by atoms with Crippen molar-refractivity contribution in [1.29, 1.82) is 0 Å². The van der Waals surface area contributed by atoms with Crippen LogP contribution in [0.5, 0.6) is 0 Å². The number of rotatable bonds is 3. The van der Waals surface area contributed by atoms with Crippen molar-refractivity contribution < 1.29 is 12.9 Å². The Morgan fingerprint density at radius 3 is 2.45 bits per heavy atom. The number of aromatic nitrogens is 1. The summed E-state index contributed by atoms with van der Waals surface area (Å²) in [4.78, 5) is 0.207. The van der Waals surface area contributed by atoms with Crippen molar-refractivity contribution in [2.24, 2.45) is 0 Å². The fourth-order valence-electron chi connectivity index (χ4n) is 2.62. The Bertz CT molecular complexity index is 703. The second kappa shape index (κ2) is 4.71. The monoisotopic (exact) mass is 292 g/mol. The van der Waals surface area contributed by atoms with Gasteiger partial charge >= 0.3 is 0 Å². The predicted molar refractivity (Wildman–Crippen MR) is 73.7 cm³/mol. The second-order valence-electron chi connectivity index (χ2n) is 4.98. The molecule has 0 spiro atoms. The van der Waals surface area contributed by atoms with Gasteiger partial charge < -0.3 is 4.52 Å². The normalized spacial score (nSPS) is 19.8. The van der Waals surface area contributed by atoms with E-state index in [0.29, 0.717) is 18.0 Å². The third-order valence-electron chi connectivity index (χ3n) is 3.69. The van der Waals surface area contributed by atoms with Crippen LogP contribution in [0.15, 0.2) is 39.8 Å². The summed E-state index contributed by atoms with van der Waals surface area (Å²) in [6.45, 7) is 3.82. The zero-order valence-corrected chi connectivity index (χ0v) is 12.2. The molecule has 0 saturated carbocycles. The second-order valence-corrected chi connectivity index (χ2v) is 6.81. The van der Waals surface area contributed by atoms with Gasteiger partial charge in [-0.05, 0) is 25.8 Å². The van der Waals surface area contributed by atoms with E-state index < -0.39 is 10.0 Å². The largest absolute Gasteiger partial charge is 0.360 e. The lowest BCUT2D eigenvalue weighted by Gasteiger charge is -2.39. The lowest BCUT2D eigenvalue weighted by molar-refractivity contribution is 0.202. The van der Waals surface area contributed by atoms with Crippen LogP contribution in [0.25, 0.3) is 0 Å². The lowest BCUT2D eigenvalue weighted by atomic mass is 9.98. The first kappa shape index (κ1) is 13.3. The van der Waals surface area contributed by atoms with E-state index >= 15 is 0 Å². The van der Waals surface area contributed by atoms with Crippen LogP contribution < -0.4 is 0 Å². The molecule has 5 nitrogen and oxygen atoms in total. The SMILES string of the molecule is Cc1noc(C)c1S(=O)(=O)N1CC[C@H]1c1ccccc1. The summed E-state index contributed by atoms with van der Waals surface area (Å²) in [5.74, 6) is 0.348. The van der Waals surface area contributed by atoms with E-state index in [1.54, 1.807) is 13.8 Å². The molecule has 106 valence electrons. The standard InChI is InChI=1S/C14H16N2O3S/c1-10-14(11(2)19-15-10)20(17,18)16-9-8-13(16)12-6-4-3-5-7-12/h3-7,13H,8-9H2,1-2H3/t13-/m0/s1. The maximum atomic E-state index is 12.7. The molecular formula is C14H16N2O3S. The first-order valence-corrected chi connectivity index (χ1v) is 7.95. The van der Waals surface area contributed by atoms with E-state index in [0.717, 1.165) is 12.0 Å². The van der Waals surface area contributed by atoms with Crippen LogP contribution in [0.3, 0.4) is 0 Å². The quantitative estimate of drug-likeness (QED) is 0.871. The molecule has 3 rings (SSSR count).